The van der Waals surface area contributed by atoms with Gasteiger partial charge in [0.25, 0.3) is 11.5 Å². The molecule has 0 aliphatic carbocycles. The molecule has 0 bridgehead atoms. The number of nitrogens with one attached hydrogen (secondary N) is 2. The largest absolute Gasteiger partial charge is 0.393 e. The first-order valence-corrected chi connectivity index (χ1v) is 8.07. The lowest BCUT2D eigenvalue weighted by Crippen LogP contribution is -2.39. The molecule has 144 valence electrons. The van der Waals surface area contributed by atoms with Crippen molar-refractivity contribution in [2.45, 2.75) is 19.4 Å². The molecule has 7 nitrogen and oxygen atoms in total. The van der Waals surface area contributed by atoms with Gasteiger partial charge >= 0.3 is 0 Å². The number of aliphatic hydroxyl groups is 1. The van der Waals surface area contributed by atoms with Crippen LogP contribution in [0.2, 0.25) is 0 Å². The highest BCUT2D eigenvalue weighted by atomic mass is 19.1. The van der Waals surface area contributed by atoms with Crippen LogP contribution in [0.15, 0.2) is 29.2 Å². The fourth-order valence-corrected chi connectivity index (χ4v) is 2.12. The van der Waals surface area contributed by atoms with E-state index < -0.39 is 34.4 Å². The summed E-state index contributed by atoms with van der Waals surface area (Å²) < 4.78 is 29.5. The first kappa shape index (κ1) is 20.6. The molecule has 0 radical (unpaired) electrons. The third kappa shape index (κ3) is 4.72. The molecule has 0 unspecified atom stereocenters. The van der Waals surface area contributed by atoms with Gasteiger partial charge in [0.05, 0.1) is 23.5 Å². The Morgan fingerprint density at radius 3 is 2.63 bits per heavy atom. The number of aromatic nitrogens is 1. The molecule has 0 saturated carbocycles. The van der Waals surface area contributed by atoms with E-state index in [2.05, 4.69) is 10.8 Å². The van der Waals surface area contributed by atoms with Gasteiger partial charge in [-0.3, -0.25) is 14.4 Å². The Balaban J connectivity index is 2.45. The number of rotatable bonds is 6. The summed E-state index contributed by atoms with van der Waals surface area (Å²) in [5.41, 5.74) is -0.170. The number of hydrogen-bond donors (Lipinski definition) is 3. The molecule has 1 heterocycles. The van der Waals surface area contributed by atoms with Crippen LogP contribution in [0.5, 0.6) is 0 Å². The molecule has 2 rings (SSSR count). The second kappa shape index (κ2) is 7.89. The van der Waals surface area contributed by atoms with Crippen LogP contribution < -0.4 is 21.8 Å². The van der Waals surface area contributed by atoms with Gasteiger partial charge in [0.2, 0.25) is 5.82 Å². The highest BCUT2D eigenvalue weighted by Gasteiger charge is 2.24. The van der Waals surface area contributed by atoms with Crippen molar-refractivity contribution >= 4 is 30.6 Å². The SMILES string of the molecule is Bc1ccc(Nc2c(C(=O)NOC(C)(C)CO)cn(C)c(=O)c2F)c(F)c1. The molecule has 27 heavy (non-hydrogen) atoms. The summed E-state index contributed by atoms with van der Waals surface area (Å²) in [5.74, 6) is -2.79. The average Bonchev–Trinajstić information content (AvgIpc) is 2.61. The zero-order valence-corrected chi connectivity index (χ0v) is 15.4. The number of nitrogens with zero attached hydrogens (tertiary/aromatic N) is 1. The number of anilines is 2. The summed E-state index contributed by atoms with van der Waals surface area (Å²) in [4.78, 5) is 29.4. The first-order valence-electron chi connectivity index (χ1n) is 8.07. The van der Waals surface area contributed by atoms with Crippen LogP contribution in [0, 0.1) is 11.6 Å². The lowest BCUT2D eigenvalue weighted by atomic mass is 9.96. The van der Waals surface area contributed by atoms with E-state index in [1.54, 1.807) is 13.9 Å². The lowest BCUT2D eigenvalue weighted by molar-refractivity contribution is -0.0956. The van der Waals surface area contributed by atoms with Gasteiger partial charge in [-0.15, -0.1) is 0 Å². The van der Waals surface area contributed by atoms with Gasteiger partial charge in [-0.2, -0.15) is 4.39 Å². The van der Waals surface area contributed by atoms with E-state index in [1.165, 1.54) is 33.0 Å². The predicted molar refractivity (Wildman–Crippen MR) is 99.2 cm³/mol. The fraction of sp³-hybridized carbons (Fsp3) is 0.294. The molecule has 0 aliphatic heterocycles. The number of hydroxylamine groups is 1. The molecule has 0 atom stereocenters. The summed E-state index contributed by atoms with van der Waals surface area (Å²) in [6, 6.07) is 4.19. The zero-order valence-electron chi connectivity index (χ0n) is 15.4. The van der Waals surface area contributed by atoms with E-state index in [9.17, 15) is 18.4 Å². The number of halogens is 2. The second-order valence-corrected chi connectivity index (χ2v) is 6.71. The van der Waals surface area contributed by atoms with Crippen molar-refractivity contribution in [3.63, 3.8) is 0 Å². The van der Waals surface area contributed by atoms with Crippen molar-refractivity contribution in [2.75, 3.05) is 11.9 Å². The van der Waals surface area contributed by atoms with E-state index in [4.69, 9.17) is 9.94 Å². The summed E-state index contributed by atoms with van der Waals surface area (Å²) in [5, 5.41) is 11.6. The maximum atomic E-state index is 14.5. The van der Waals surface area contributed by atoms with Crippen LogP contribution >= 0.6 is 0 Å². The Labute approximate surface area is 155 Å². The molecule has 0 fully saturated rings. The zero-order chi connectivity index (χ0) is 20.4. The van der Waals surface area contributed by atoms with E-state index in [0.29, 0.717) is 5.46 Å². The van der Waals surface area contributed by atoms with Crippen molar-refractivity contribution in [1.82, 2.24) is 10.0 Å². The average molecular weight is 379 g/mol. The molecular formula is C17H20BF2N3O4. The molecule has 0 aliphatic rings. The van der Waals surface area contributed by atoms with Crippen LogP contribution in [0.25, 0.3) is 0 Å². The Bertz CT molecular complexity index is 931. The van der Waals surface area contributed by atoms with E-state index in [1.807, 2.05) is 0 Å². The third-order valence-corrected chi connectivity index (χ3v) is 3.75. The van der Waals surface area contributed by atoms with Gasteiger partial charge in [0.1, 0.15) is 19.3 Å². The van der Waals surface area contributed by atoms with Gasteiger partial charge in [0, 0.05) is 13.2 Å². The number of carbonyl (C=O) groups is 1. The quantitative estimate of drug-likeness (QED) is 0.489. The van der Waals surface area contributed by atoms with Gasteiger partial charge in [-0.05, 0) is 26.0 Å². The van der Waals surface area contributed by atoms with Gasteiger partial charge in [-0.1, -0.05) is 11.5 Å². The highest BCUT2D eigenvalue weighted by Crippen LogP contribution is 2.24. The maximum absolute atomic E-state index is 14.5. The molecular weight excluding hydrogens is 359 g/mol. The molecule has 10 heteroatoms. The molecule has 0 spiro atoms. The number of aliphatic hydroxyl groups excluding tert-OH is 1. The Hall–Kier alpha value is -2.72. The molecule has 3 N–H and O–H groups in total. The summed E-state index contributed by atoms with van der Waals surface area (Å²) in [6.07, 6.45) is 1.10. The maximum Gasteiger partial charge on any atom is 0.288 e. The van der Waals surface area contributed by atoms with Gasteiger partial charge < -0.3 is 15.0 Å². The van der Waals surface area contributed by atoms with Crippen LogP contribution in [0.1, 0.15) is 24.2 Å². The Kier molecular flexibility index (Phi) is 6.02. The summed E-state index contributed by atoms with van der Waals surface area (Å²) in [7, 11) is 2.96. The van der Waals surface area contributed by atoms with Gasteiger partial charge in [0.15, 0.2) is 0 Å². The molecule has 1 aromatic carbocycles. The van der Waals surface area contributed by atoms with Gasteiger partial charge in [-0.25, -0.2) is 9.87 Å². The minimum absolute atomic E-state index is 0.0987. The summed E-state index contributed by atoms with van der Waals surface area (Å²) in [6.45, 7) is 2.67. The number of benzene rings is 1. The monoisotopic (exact) mass is 379 g/mol. The van der Waals surface area contributed by atoms with E-state index in [-0.39, 0.29) is 17.9 Å². The standard InChI is InChI=1S/C17H20BF2N3O4/c1-17(2,8-24)27-22-15(25)10-7-23(3)16(26)13(20)14(10)21-12-5-4-9(18)6-11(12)19/h4-7,21,24H,8,18H2,1-3H3,(H,22,25). The molecule has 1 aromatic heterocycles. The smallest absolute Gasteiger partial charge is 0.288 e. The van der Waals surface area contributed by atoms with Crippen molar-refractivity contribution in [1.29, 1.82) is 0 Å². The third-order valence-electron chi connectivity index (χ3n) is 3.75. The minimum atomic E-state index is -1.24. The number of amides is 1. The van der Waals surface area contributed by atoms with Crippen LogP contribution in [0.4, 0.5) is 20.2 Å². The normalized spacial score (nSPS) is 11.3. The highest BCUT2D eigenvalue weighted by molar-refractivity contribution is 6.32. The predicted octanol–water partition coefficient (Wildman–Crippen LogP) is 0.0978. The van der Waals surface area contributed by atoms with Crippen molar-refractivity contribution in [3.8, 4) is 0 Å². The van der Waals surface area contributed by atoms with E-state index >= 15 is 0 Å². The first-order chi connectivity index (χ1) is 12.6. The molecule has 1 amide bonds. The van der Waals surface area contributed by atoms with E-state index in [0.717, 1.165) is 10.8 Å². The minimum Gasteiger partial charge on any atom is -0.393 e. The topological polar surface area (TPSA) is 92.6 Å². The molecule has 0 saturated heterocycles. The summed E-state index contributed by atoms with van der Waals surface area (Å²) >= 11 is 0. The van der Waals surface area contributed by atoms with Crippen molar-refractivity contribution in [3.05, 3.63) is 51.9 Å². The Morgan fingerprint density at radius 1 is 1.37 bits per heavy atom. The van der Waals surface area contributed by atoms with Crippen LogP contribution in [0.3, 0.4) is 0 Å². The number of carbonyl (C=O) groups excluding carboxylic acids is 1. The van der Waals surface area contributed by atoms with Crippen molar-refractivity contribution in [2.24, 2.45) is 7.05 Å². The van der Waals surface area contributed by atoms with Crippen LogP contribution in [-0.2, 0) is 11.9 Å². The lowest BCUT2D eigenvalue weighted by Gasteiger charge is -2.22. The van der Waals surface area contributed by atoms with Crippen LogP contribution in [-0.4, -0.2) is 35.6 Å². The second-order valence-electron chi connectivity index (χ2n) is 6.71. The Morgan fingerprint density at radius 2 is 2.04 bits per heavy atom. The molecule has 2 aromatic rings. The number of aryl methyl sites for hydroxylation is 1. The number of hydrogen-bond acceptors (Lipinski definition) is 5. The number of pyridine rings is 1. The van der Waals surface area contributed by atoms with Crippen molar-refractivity contribution < 1.29 is 23.5 Å². The fourth-order valence-electron chi connectivity index (χ4n) is 2.12.